The number of rotatable bonds is 9. The number of aliphatic hydroxyl groups is 1. The second kappa shape index (κ2) is 9.86. The van der Waals surface area contributed by atoms with Crippen LogP contribution < -0.4 is 0 Å². The average molecular weight is 306 g/mol. The van der Waals surface area contributed by atoms with Gasteiger partial charge in [0.05, 0.1) is 18.8 Å². The number of aliphatic hydroxyl groups excluding tert-OH is 1. The van der Waals surface area contributed by atoms with E-state index in [1.807, 2.05) is 13.8 Å². The monoisotopic (exact) mass is 306 g/mol. The lowest BCUT2D eigenvalue weighted by Crippen LogP contribution is -2.42. The molecule has 1 rings (SSSR count). The highest BCUT2D eigenvalue weighted by Gasteiger charge is 2.39. The van der Waals surface area contributed by atoms with Crippen LogP contribution in [0.3, 0.4) is 0 Å². The van der Waals surface area contributed by atoms with Gasteiger partial charge < -0.3 is 23.4 Å². The average Bonchev–Trinajstić information content (AvgIpc) is 2.45. The van der Waals surface area contributed by atoms with Crippen molar-refractivity contribution in [3.8, 4) is 0 Å². The highest BCUT2D eigenvalue weighted by atomic mass is 28.3. The first kappa shape index (κ1) is 18.1. The van der Waals surface area contributed by atoms with Gasteiger partial charge in [-0.25, -0.2) is 0 Å². The number of hydrogen-bond acceptors (Lipinski definition) is 5. The summed E-state index contributed by atoms with van der Waals surface area (Å²) in [5.41, 5.74) is 0.310. The van der Waals surface area contributed by atoms with E-state index in [0.29, 0.717) is 31.3 Å². The summed E-state index contributed by atoms with van der Waals surface area (Å²) < 4.78 is 22.6. The van der Waals surface area contributed by atoms with Gasteiger partial charge in [-0.1, -0.05) is 0 Å². The predicted octanol–water partition coefficient (Wildman–Crippen LogP) is 1.47. The van der Waals surface area contributed by atoms with E-state index in [-0.39, 0.29) is 12.2 Å². The van der Waals surface area contributed by atoms with Crippen LogP contribution in [-0.2, 0) is 18.3 Å². The quantitative estimate of drug-likeness (QED) is 0.654. The maximum atomic E-state index is 9.94. The molecule has 1 N–H and O–H groups in total. The summed E-state index contributed by atoms with van der Waals surface area (Å²) in [6, 6.07) is 0. The van der Waals surface area contributed by atoms with Crippen molar-refractivity contribution >= 4 is 9.28 Å². The fourth-order valence-corrected chi connectivity index (χ4v) is 5.43. The van der Waals surface area contributed by atoms with Crippen molar-refractivity contribution in [2.75, 3.05) is 34.0 Å². The lowest BCUT2D eigenvalue weighted by Gasteiger charge is -2.38. The van der Waals surface area contributed by atoms with Crippen molar-refractivity contribution in [3.63, 3.8) is 0 Å². The summed E-state index contributed by atoms with van der Waals surface area (Å²) in [5.74, 6) is 0.443. The first-order chi connectivity index (χ1) is 9.67. The van der Waals surface area contributed by atoms with Crippen LogP contribution in [0.1, 0.15) is 33.1 Å². The van der Waals surface area contributed by atoms with Crippen LogP contribution in [0.15, 0.2) is 0 Å². The SMILES string of the molecule is CCO[SiH](OCC)C(COC)C1CCC(O)C(OC)C1. The van der Waals surface area contributed by atoms with Crippen LogP contribution >= 0.6 is 0 Å². The standard InChI is InChI=1S/C14H30O5Si/c1-5-18-20(19-6-2)14(10-16-3)11-7-8-12(15)13(9-11)17-4/h11-15,20H,5-10H2,1-4H3. The second-order valence-corrected chi connectivity index (χ2v) is 7.57. The van der Waals surface area contributed by atoms with Crippen LogP contribution in [0.25, 0.3) is 0 Å². The number of ether oxygens (including phenoxy) is 2. The van der Waals surface area contributed by atoms with E-state index in [0.717, 1.165) is 19.3 Å². The van der Waals surface area contributed by atoms with Crippen LogP contribution in [0, 0.1) is 5.92 Å². The molecule has 0 radical (unpaired) electrons. The number of hydrogen-bond donors (Lipinski definition) is 1. The van der Waals surface area contributed by atoms with Gasteiger partial charge in [-0.05, 0) is 39.0 Å². The molecule has 0 heterocycles. The van der Waals surface area contributed by atoms with Crippen molar-refractivity contribution in [2.24, 2.45) is 5.92 Å². The first-order valence-corrected chi connectivity index (χ1v) is 9.21. The Morgan fingerprint density at radius 3 is 2.30 bits per heavy atom. The predicted molar refractivity (Wildman–Crippen MR) is 80.2 cm³/mol. The van der Waals surface area contributed by atoms with Gasteiger partial charge in [0, 0.05) is 33.0 Å². The zero-order valence-corrected chi connectivity index (χ0v) is 14.4. The Kier molecular flexibility index (Phi) is 8.91. The van der Waals surface area contributed by atoms with E-state index in [1.54, 1.807) is 14.2 Å². The Morgan fingerprint density at radius 2 is 1.80 bits per heavy atom. The lowest BCUT2D eigenvalue weighted by atomic mass is 9.83. The third kappa shape index (κ3) is 5.09. The molecule has 1 saturated carbocycles. The summed E-state index contributed by atoms with van der Waals surface area (Å²) >= 11 is 0. The molecule has 0 bridgehead atoms. The third-order valence-corrected chi connectivity index (χ3v) is 6.84. The van der Waals surface area contributed by atoms with Gasteiger partial charge in [-0.3, -0.25) is 0 Å². The molecule has 6 heteroatoms. The number of methoxy groups -OCH3 is 2. The fourth-order valence-electron chi connectivity index (χ4n) is 3.04. The van der Waals surface area contributed by atoms with Crippen LogP contribution in [0.5, 0.6) is 0 Å². The van der Waals surface area contributed by atoms with Crippen LogP contribution in [0.4, 0.5) is 0 Å². The molecule has 0 amide bonds. The molecule has 1 aliphatic carbocycles. The van der Waals surface area contributed by atoms with E-state index in [9.17, 15) is 5.11 Å². The Morgan fingerprint density at radius 1 is 1.15 bits per heavy atom. The van der Waals surface area contributed by atoms with Crippen molar-refractivity contribution in [1.29, 1.82) is 0 Å². The zero-order chi connectivity index (χ0) is 15.0. The molecule has 4 unspecified atom stereocenters. The first-order valence-electron chi connectivity index (χ1n) is 7.60. The summed E-state index contributed by atoms with van der Waals surface area (Å²) in [7, 11) is 1.63. The molecular weight excluding hydrogens is 276 g/mol. The Labute approximate surface area is 124 Å². The fraction of sp³-hybridized carbons (Fsp3) is 1.00. The van der Waals surface area contributed by atoms with E-state index in [2.05, 4.69) is 0 Å². The van der Waals surface area contributed by atoms with E-state index in [4.69, 9.17) is 18.3 Å². The Hall–Kier alpha value is 0.0169. The molecule has 0 aromatic carbocycles. The molecular formula is C14H30O5Si. The molecule has 1 fully saturated rings. The highest BCUT2D eigenvalue weighted by Crippen LogP contribution is 2.37. The van der Waals surface area contributed by atoms with E-state index < -0.39 is 9.28 Å². The van der Waals surface area contributed by atoms with Gasteiger partial charge >= 0.3 is 9.28 Å². The van der Waals surface area contributed by atoms with Crippen molar-refractivity contribution in [1.82, 2.24) is 0 Å². The Balaban J connectivity index is 2.72. The van der Waals surface area contributed by atoms with E-state index >= 15 is 0 Å². The lowest BCUT2D eigenvalue weighted by molar-refractivity contribution is -0.0551. The molecule has 20 heavy (non-hydrogen) atoms. The minimum atomic E-state index is -1.76. The maximum Gasteiger partial charge on any atom is 0.327 e. The third-order valence-electron chi connectivity index (χ3n) is 4.08. The van der Waals surface area contributed by atoms with Gasteiger partial charge in [-0.2, -0.15) is 0 Å². The molecule has 120 valence electrons. The smallest absolute Gasteiger partial charge is 0.327 e. The zero-order valence-electron chi connectivity index (χ0n) is 13.2. The minimum Gasteiger partial charge on any atom is -0.397 e. The van der Waals surface area contributed by atoms with E-state index in [1.165, 1.54) is 0 Å². The Bertz CT molecular complexity index is 248. The molecule has 0 aromatic heterocycles. The summed E-state index contributed by atoms with van der Waals surface area (Å²) in [6.45, 7) is 6.03. The van der Waals surface area contributed by atoms with Crippen molar-refractivity contribution in [3.05, 3.63) is 0 Å². The van der Waals surface area contributed by atoms with Gasteiger partial charge in [0.1, 0.15) is 0 Å². The van der Waals surface area contributed by atoms with Gasteiger partial charge in [0.15, 0.2) is 0 Å². The molecule has 5 nitrogen and oxygen atoms in total. The molecule has 1 aliphatic rings. The topological polar surface area (TPSA) is 57.2 Å². The second-order valence-electron chi connectivity index (χ2n) is 5.31. The largest absolute Gasteiger partial charge is 0.397 e. The highest BCUT2D eigenvalue weighted by molar-refractivity contribution is 6.46. The molecule has 4 atom stereocenters. The van der Waals surface area contributed by atoms with Gasteiger partial charge in [0.2, 0.25) is 0 Å². The molecule has 0 aromatic rings. The molecule has 0 saturated heterocycles. The molecule has 0 spiro atoms. The molecule has 0 aliphatic heterocycles. The maximum absolute atomic E-state index is 9.94. The van der Waals surface area contributed by atoms with Crippen molar-refractivity contribution in [2.45, 2.75) is 50.9 Å². The normalized spacial score (nSPS) is 28.8. The summed E-state index contributed by atoms with van der Waals surface area (Å²) in [6.07, 6.45) is 2.20. The van der Waals surface area contributed by atoms with Gasteiger partial charge in [0.25, 0.3) is 0 Å². The minimum absolute atomic E-state index is 0.0778. The van der Waals surface area contributed by atoms with Gasteiger partial charge in [-0.15, -0.1) is 0 Å². The van der Waals surface area contributed by atoms with Crippen LogP contribution in [-0.4, -0.2) is 60.6 Å². The van der Waals surface area contributed by atoms with Crippen LogP contribution in [0.2, 0.25) is 5.54 Å². The summed E-state index contributed by atoms with van der Waals surface area (Å²) in [5, 5.41) is 9.94. The van der Waals surface area contributed by atoms with Crippen molar-refractivity contribution < 1.29 is 23.4 Å². The summed E-state index contributed by atoms with van der Waals surface area (Å²) in [4.78, 5) is 0.